The van der Waals surface area contributed by atoms with Crippen molar-refractivity contribution in [2.45, 2.75) is 32.6 Å². The van der Waals surface area contributed by atoms with Crippen molar-refractivity contribution in [3.05, 3.63) is 70.9 Å². The van der Waals surface area contributed by atoms with E-state index in [2.05, 4.69) is 14.7 Å². The molecule has 2 aromatic carbocycles. The highest BCUT2D eigenvalue weighted by molar-refractivity contribution is 7.92. The maximum Gasteiger partial charge on any atom is 0.262 e. The van der Waals surface area contributed by atoms with Gasteiger partial charge in [0.2, 0.25) is 0 Å². The number of sulfonamides is 1. The second-order valence-corrected chi connectivity index (χ2v) is 9.76. The molecule has 0 amide bonds. The average molecular weight is 424 g/mol. The third-order valence-corrected chi connectivity index (χ3v) is 7.58. The highest BCUT2D eigenvalue weighted by Crippen LogP contribution is 2.34. The smallest absolute Gasteiger partial charge is 0.262 e. The molecule has 0 unspecified atom stereocenters. The molecule has 4 rings (SSSR count). The minimum atomic E-state index is -3.71. The van der Waals surface area contributed by atoms with Crippen LogP contribution in [0.5, 0.6) is 0 Å². The van der Waals surface area contributed by atoms with Crippen LogP contribution in [0, 0.1) is 27.7 Å². The van der Waals surface area contributed by atoms with Crippen molar-refractivity contribution in [3.63, 3.8) is 0 Å². The number of nitrogens with zero attached hydrogens (tertiary/aromatic N) is 2. The maximum absolute atomic E-state index is 13.1. The molecule has 0 radical (unpaired) electrons. The average Bonchev–Trinajstić information content (AvgIpc) is 3.10. The van der Waals surface area contributed by atoms with Crippen molar-refractivity contribution < 1.29 is 8.42 Å². The first kappa shape index (κ1) is 19.5. The molecule has 0 bridgehead atoms. The zero-order chi connectivity index (χ0) is 20.8. The van der Waals surface area contributed by atoms with Gasteiger partial charge in [-0.15, -0.1) is 0 Å². The first-order valence-electron chi connectivity index (χ1n) is 9.18. The number of pyridine rings is 1. The molecular formula is C22H21N3O2S2. The van der Waals surface area contributed by atoms with Gasteiger partial charge in [-0.3, -0.25) is 4.72 Å². The molecule has 0 fully saturated rings. The SMILES string of the molecule is Cc1cc(C)c(S(=O)(=O)Nc2cccc(-c3nc4cccnc4s3)c2C)cc1C. The summed E-state index contributed by atoms with van der Waals surface area (Å²) in [5.74, 6) is 0. The van der Waals surface area contributed by atoms with Crippen LogP contribution in [-0.4, -0.2) is 18.4 Å². The summed E-state index contributed by atoms with van der Waals surface area (Å²) in [6, 6.07) is 13.0. The lowest BCUT2D eigenvalue weighted by Crippen LogP contribution is -2.15. The second-order valence-electron chi connectivity index (χ2n) is 7.13. The molecule has 5 nitrogen and oxygen atoms in total. The van der Waals surface area contributed by atoms with Crippen molar-refractivity contribution in [1.29, 1.82) is 0 Å². The van der Waals surface area contributed by atoms with Crippen LogP contribution in [0.15, 0.2) is 53.6 Å². The predicted molar refractivity (Wildman–Crippen MR) is 119 cm³/mol. The maximum atomic E-state index is 13.1. The van der Waals surface area contributed by atoms with Gasteiger partial charge in [-0.25, -0.2) is 18.4 Å². The fraction of sp³-hybridized carbons (Fsp3) is 0.182. The van der Waals surface area contributed by atoms with E-state index in [9.17, 15) is 8.42 Å². The van der Waals surface area contributed by atoms with Crippen LogP contribution in [0.4, 0.5) is 5.69 Å². The van der Waals surface area contributed by atoms with Gasteiger partial charge in [0, 0.05) is 11.8 Å². The number of thiazole rings is 1. The molecule has 0 saturated heterocycles. The molecule has 4 aromatic rings. The number of hydrogen-bond donors (Lipinski definition) is 1. The van der Waals surface area contributed by atoms with E-state index in [1.54, 1.807) is 18.3 Å². The van der Waals surface area contributed by atoms with E-state index in [0.29, 0.717) is 10.6 Å². The van der Waals surface area contributed by atoms with Crippen molar-refractivity contribution in [2.24, 2.45) is 0 Å². The lowest BCUT2D eigenvalue weighted by molar-refractivity contribution is 0.600. The standard InChI is InChI=1S/C22H21N3O2S2/c1-13-11-15(3)20(12-14(13)2)29(26,27)25-18-8-5-7-17(16(18)4)21-24-19-9-6-10-23-22(19)28-21/h5-12,25H,1-4H3. The van der Waals surface area contributed by atoms with Crippen LogP contribution >= 0.6 is 11.3 Å². The summed E-state index contributed by atoms with van der Waals surface area (Å²) in [4.78, 5) is 10.2. The summed E-state index contributed by atoms with van der Waals surface area (Å²) in [6.07, 6.45) is 1.74. The molecule has 29 heavy (non-hydrogen) atoms. The molecule has 148 valence electrons. The summed E-state index contributed by atoms with van der Waals surface area (Å²) >= 11 is 1.49. The van der Waals surface area contributed by atoms with Crippen LogP contribution in [0.2, 0.25) is 0 Å². The van der Waals surface area contributed by atoms with Gasteiger partial charge in [0.05, 0.1) is 10.6 Å². The van der Waals surface area contributed by atoms with Gasteiger partial charge in [-0.05, 0) is 74.2 Å². The minimum absolute atomic E-state index is 0.301. The number of benzene rings is 2. The predicted octanol–water partition coefficient (Wildman–Crippen LogP) is 5.39. The van der Waals surface area contributed by atoms with E-state index in [1.807, 2.05) is 58.0 Å². The lowest BCUT2D eigenvalue weighted by atomic mass is 10.1. The van der Waals surface area contributed by atoms with Gasteiger partial charge in [-0.2, -0.15) is 0 Å². The number of nitrogens with one attached hydrogen (secondary N) is 1. The fourth-order valence-corrected chi connectivity index (χ4v) is 5.71. The van der Waals surface area contributed by atoms with Gasteiger partial charge < -0.3 is 0 Å². The van der Waals surface area contributed by atoms with Gasteiger partial charge in [0.1, 0.15) is 15.4 Å². The number of hydrogen-bond acceptors (Lipinski definition) is 5. The zero-order valence-corrected chi connectivity index (χ0v) is 18.3. The van der Waals surface area contributed by atoms with Gasteiger partial charge in [0.25, 0.3) is 10.0 Å². The highest BCUT2D eigenvalue weighted by atomic mass is 32.2. The molecular weight excluding hydrogens is 402 g/mol. The molecule has 2 aromatic heterocycles. The Balaban J connectivity index is 1.75. The van der Waals surface area contributed by atoms with Crippen molar-refractivity contribution >= 4 is 37.4 Å². The Labute approximate surface area is 174 Å². The Hall–Kier alpha value is -2.77. The van der Waals surface area contributed by atoms with Gasteiger partial charge >= 0.3 is 0 Å². The minimum Gasteiger partial charge on any atom is -0.279 e. The molecule has 7 heteroatoms. The first-order chi connectivity index (χ1) is 13.8. The number of aromatic nitrogens is 2. The molecule has 0 aliphatic rings. The summed E-state index contributed by atoms with van der Waals surface area (Å²) in [6.45, 7) is 7.62. The van der Waals surface area contributed by atoms with Crippen LogP contribution in [-0.2, 0) is 10.0 Å². The molecule has 1 N–H and O–H groups in total. The molecule has 0 atom stereocenters. The number of rotatable bonds is 4. The molecule has 0 aliphatic heterocycles. The van der Waals surface area contributed by atoms with E-state index in [0.717, 1.165) is 43.2 Å². The number of aryl methyl sites for hydroxylation is 3. The van der Waals surface area contributed by atoms with E-state index in [-0.39, 0.29) is 0 Å². The fourth-order valence-electron chi connectivity index (χ4n) is 3.29. The first-order valence-corrected chi connectivity index (χ1v) is 11.5. The molecule has 0 saturated carbocycles. The molecule has 0 spiro atoms. The van der Waals surface area contributed by atoms with Gasteiger partial charge in [-0.1, -0.05) is 29.5 Å². The van der Waals surface area contributed by atoms with Crippen LogP contribution in [0.25, 0.3) is 20.9 Å². The summed E-state index contributed by atoms with van der Waals surface area (Å²) in [5.41, 5.74) is 5.86. The third-order valence-electron chi connectivity index (χ3n) is 5.06. The van der Waals surface area contributed by atoms with Crippen molar-refractivity contribution in [1.82, 2.24) is 9.97 Å². The Bertz CT molecular complexity index is 1310. The summed E-state index contributed by atoms with van der Waals surface area (Å²) in [5, 5.41) is 0.819. The quantitative estimate of drug-likeness (QED) is 0.477. The second kappa shape index (κ2) is 7.24. The summed E-state index contributed by atoms with van der Waals surface area (Å²) in [7, 11) is -3.71. The van der Waals surface area contributed by atoms with Crippen molar-refractivity contribution in [3.8, 4) is 10.6 Å². The van der Waals surface area contributed by atoms with Crippen molar-refractivity contribution in [2.75, 3.05) is 4.72 Å². The van der Waals surface area contributed by atoms with E-state index in [1.165, 1.54) is 11.3 Å². The Morgan fingerprint density at radius 3 is 2.45 bits per heavy atom. The van der Waals surface area contributed by atoms with E-state index < -0.39 is 10.0 Å². The molecule has 2 heterocycles. The number of anilines is 1. The van der Waals surface area contributed by atoms with Crippen LogP contribution in [0.3, 0.4) is 0 Å². The Morgan fingerprint density at radius 1 is 0.931 bits per heavy atom. The zero-order valence-electron chi connectivity index (χ0n) is 16.6. The monoisotopic (exact) mass is 423 g/mol. The summed E-state index contributed by atoms with van der Waals surface area (Å²) < 4.78 is 29.0. The van der Waals surface area contributed by atoms with Gasteiger partial charge in [0.15, 0.2) is 0 Å². The lowest BCUT2D eigenvalue weighted by Gasteiger charge is -2.15. The number of fused-ring (bicyclic) bond motifs is 1. The topological polar surface area (TPSA) is 72.0 Å². The Morgan fingerprint density at radius 2 is 1.69 bits per heavy atom. The van der Waals surface area contributed by atoms with Crippen LogP contribution < -0.4 is 4.72 Å². The molecule has 0 aliphatic carbocycles. The van der Waals surface area contributed by atoms with E-state index >= 15 is 0 Å². The Kier molecular flexibility index (Phi) is 4.88. The normalized spacial score (nSPS) is 11.7. The van der Waals surface area contributed by atoms with E-state index in [4.69, 9.17) is 0 Å². The highest BCUT2D eigenvalue weighted by Gasteiger charge is 2.20. The van der Waals surface area contributed by atoms with Crippen LogP contribution in [0.1, 0.15) is 22.3 Å². The largest absolute Gasteiger partial charge is 0.279 e. The third kappa shape index (κ3) is 3.63.